The number of rotatable bonds is 3. The minimum absolute atomic E-state index is 0.103. The molecule has 0 saturated carbocycles. The van der Waals surface area contributed by atoms with E-state index in [1.165, 1.54) is 4.90 Å². The van der Waals surface area contributed by atoms with Crippen LogP contribution in [0.1, 0.15) is 6.42 Å². The predicted molar refractivity (Wildman–Crippen MR) is 90.1 cm³/mol. The van der Waals surface area contributed by atoms with Crippen molar-refractivity contribution in [3.05, 3.63) is 58.0 Å². The molecule has 6 heteroatoms. The molecule has 22 heavy (non-hydrogen) atoms. The van der Waals surface area contributed by atoms with Gasteiger partial charge in [0, 0.05) is 4.47 Å². The maximum absolute atomic E-state index is 12.6. The first-order valence-corrected chi connectivity index (χ1v) is 7.87. The number of hydrogen-bond acceptors (Lipinski definition) is 3. The number of nitrogens with one attached hydrogen (secondary N) is 1. The second-order valence-corrected chi connectivity index (χ2v) is 6.16. The van der Waals surface area contributed by atoms with Crippen LogP contribution in [0.2, 0.25) is 5.02 Å². The summed E-state index contributed by atoms with van der Waals surface area (Å²) >= 11 is 9.46. The first-order valence-electron chi connectivity index (χ1n) is 6.70. The van der Waals surface area contributed by atoms with Crippen molar-refractivity contribution in [2.45, 2.75) is 12.5 Å². The van der Waals surface area contributed by atoms with Crippen LogP contribution in [0, 0.1) is 0 Å². The van der Waals surface area contributed by atoms with Gasteiger partial charge in [-0.05, 0) is 40.2 Å². The minimum Gasteiger partial charge on any atom is -0.372 e. The molecule has 0 unspecified atom stereocenters. The van der Waals surface area contributed by atoms with E-state index in [1.807, 2.05) is 18.2 Å². The molecule has 0 aromatic heterocycles. The summed E-state index contributed by atoms with van der Waals surface area (Å²) in [5, 5.41) is 3.57. The van der Waals surface area contributed by atoms with E-state index in [0.29, 0.717) is 20.9 Å². The van der Waals surface area contributed by atoms with E-state index in [2.05, 4.69) is 21.2 Å². The molecule has 2 amide bonds. The van der Waals surface area contributed by atoms with Crippen LogP contribution in [-0.2, 0) is 9.59 Å². The van der Waals surface area contributed by atoms with E-state index in [9.17, 15) is 9.59 Å². The number of hydrogen-bond donors (Lipinski definition) is 1. The fourth-order valence-corrected chi connectivity index (χ4v) is 3.05. The molecule has 1 aliphatic rings. The molecular weight excluding hydrogens is 368 g/mol. The summed E-state index contributed by atoms with van der Waals surface area (Å²) in [7, 11) is 0. The lowest BCUT2D eigenvalue weighted by atomic mass is 10.2. The number of imide groups is 1. The minimum atomic E-state index is -0.612. The normalized spacial score (nSPS) is 17.9. The van der Waals surface area contributed by atoms with E-state index in [0.717, 1.165) is 0 Å². The lowest BCUT2D eigenvalue weighted by Crippen LogP contribution is -2.35. The zero-order chi connectivity index (χ0) is 15.7. The van der Waals surface area contributed by atoms with E-state index in [-0.39, 0.29) is 18.2 Å². The Morgan fingerprint density at radius 3 is 2.50 bits per heavy atom. The third-order valence-corrected chi connectivity index (χ3v) is 4.44. The molecule has 0 bridgehead atoms. The Kier molecular flexibility index (Phi) is 4.18. The van der Waals surface area contributed by atoms with E-state index < -0.39 is 6.04 Å². The highest BCUT2D eigenvalue weighted by Gasteiger charge is 2.40. The van der Waals surface area contributed by atoms with Gasteiger partial charge >= 0.3 is 0 Å². The molecule has 4 nitrogen and oxygen atoms in total. The quantitative estimate of drug-likeness (QED) is 0.824. The van der Waals surface area contributed by atoms with Gasteiger partial charge in [-0.2, -0.15) is 0 Å². The van der Waals surface area contributed by atoms with Crippen LogP contribution in [0.3, 0.4) is 0 Å². The summed E-state index contributed by atoms with van der Waals surface area (Å²) in [5.74, 6) is -0.515. The van der Waals surface area contributed by atoms with Crippen LogP contribution in [0.25, 0.3) is 0 Å². The molecule has 0 radical (unpaired) electrons. The molecule has 2 aromatic rings. The molecule has 1 aliphatic heterocycles. The molecular formula is C16H12BrClN2O2. The Morgan fingerprint density at radius 1 is 1.09 bits per heavy atom. The van der Waals surface area contributed by atoms with Gasteiger partial charge in [0.15, 0.2) is 0 Å². The van der Waals surface area contributed by atoms with Crippen molar-refractivity contribution >= 4 is 50.7 Å². The van der Waals surface area contributed by atoms with Crippen LogP contribution < -0.4 is 10.2 Å². The number of nitrogens with zero attached hydrogens (tertiary/aromatic N) is 1. The standard InChI is InChI=1S/C16H12BrClN2O2/c17-10-5-1-4-8-14(10)20-15(21)9-13(16(20)22)19-12-7-3-2-6-11(12)18/h1-8,13,19H,9H2/t13-/m1/s1. The smallest absolute Gasteiger partial charge is 0.256 e. The molecule has 1 atom stereocenters. The molecule has 1 saturated heterocycles. The molecule has 1 fully saturated rings. The third-order valence-electron chi connectivity index (χ3n) is 3.44. The van der Waals surface area contributed by atoms with Gasteiger partial charge in [0.05, 0.1) is 22.8 Å². The van der Waals surface area contributed by atoms with E-state index in [1.54, 1.807) is 30.3 Å². The Labute approximate surface area is 141 Å². The van der Waals surface area contributed by atoms with Gasteiger partial charge < -0.3 is 5.32 Å². The van der Waals surface area contributed by atoms with Crippen molar-refractivity contribution in [1.29, 1.82) is 0 Å². The highest BCUT2D eigenvalue weighted by molar-refractivity contribution is 9.10. The lowest BCUT2D eigenvalue weighted by molar-refractivity contribution is -0.121. The van der Waals surface area contributed by atoms with Gasteiger partial charge in [0.1, 0.15) is 6.04 Å². The summed E-state index contributed by atoms with van der Waals surface area (Å²) in [6, 6.07) is 13.7. The van der Waals surface area contributed by atoms with Crippen molar-refractivity contribution in [1.82, 2.24) is 0 Å². The Balaban J connectivity index is 1.86. The largest absolute Gasteiger partial charge is 0.372 e. The zero-order valence-electron chi connectivity index (χ0n) is 11.4. The average molecular weight is 380 g/mol. The maximum atomic E-state index is 12.6. The summed E-state index contributed by atoms with van der Waals surface area (Å²) in [5.41, 5.74) is 1.20. The number of benzene rings is 2. The van der Waals surface area contributed by atoms with Crippen molar-refractivity contribution < 1.29 is 9.59 Å². The first-order chi connectivity index (χ1) is 10.6. The molecule has 3 rings (SSSR count). The average Bonchev–Trinajstić information content (AvgIpc) is 2.77. The molecule has 112 valence electrons. The zero-order valence-corrected chi connectivity index (χ0v) is 13.8. The van der Waals surface area contributed by atoms with E-state index in [4.69, 9.17) is 11.6 Å². The van der Waals surface area contributed by atoms with Crippen molar-refractivity contribution in [2.75, 3.05) is 10.2 Å². The van der Waals surface area contributed by atoms with Gasteiger partial charge in [-0.3, -0.25) is 9.59 Å². The monoisotopic (exact) mass is 378 g/mol. The number of halogens is 2. The number of para-hydroxylation sites is 2. The second-order valence-electron chi connectivity index (χ2n) is 4.90. The van der Waals surface area contributed by atoms with Crippen molar-refractivity contribution in [3.8, 4) is 0 Å². The maximum Gasteiger partial charge on any atom is 0.256 e. The van der Waals surface area contributed by atoms with Crippen LogP contribution >= 0.6 is 27.5 Å². The van der Waals surface area contributed by atoms with Crippen LogP contribution in [0.4, 0.5) is 11.4 Å². The highest BCUT2D eigenvalue weighted by Crippen LogP contribution is 2.31. The highest BCUT2D eigenvalue weighted by atomic mass is 79.9. The topological polar surface area (TPSA) is 49.4 Å². The second kappa shape index (κ2) is 6.10. The number of anilines is 2. The number of amides is 2. The Bertz CT molecular complexity index is 750. The van der Waals surface area contributed by atoms with Crippen LogP contribution in [0.15, 0.2) is 53.0 Å². The van der Waals surface area contributed by atoms with Crippen LogP contribution in [0.5, 0.6) is 0 Å². The van der Waals surface area contributed by atoms with Crippen molar-refractivity contribution in [2.24, 2.45) is 0 Å². The third kappa shape index (κ3) is 2.74. The van der Waals surface area contributed by atoms with Gasteiger partial charge in [-0.1, -0.05) is 35.9 Å². The summed E-state index contributed by atoms with van der Waals surface area (Å²) in [6.07, 6.45) is 0.103. The van der Waals surface area contributed by atoms with Crippen LogP contribution in [-0.4, -0.2) is 17.9 Å². The SMILES string of the molecule is O=C1C[C@@H](Nc2ccccc2Cl)C(=O)N1c1ccccc1Br. The summed E-state index contributed by atoms with van der Waals surface area (Å²) < 4.78 is 0.704. The fourth-order valence-electron chi connectivity index (χ4n) is 2.40. The Morgan fingerprint density at radius 2 is 1.77 bits per heavy atom. The molecule has 0 spiro atoms. The summed E-state index contributed by atoms with van der Waals surface area (Å²) in [4.78, 5) is 26.0. The van der Waals surface area contributed by atoms with Gasteiger partial charge in [0.2, 0.25) is 5.91 Å². The molecule has 1 N–H and O–H groups in total. The van der Waals surface area contributed by atoms with Gasteiger partial charge in [-0.25, -0.2) is 4.90 Å². The summed E-state index contributed by atoms with van der Waals surface area (Å²) in [6.45, 7) is 0. The van der Waals surface area contributed by atoms with Crippen molar-refractivity contribution in [3.63, 3.8) is 0 Å². The molecule has 2 aromatic carbocycles. The van der Waals surface area contributed by atoms with E-state index >= 15 is 0 Å². The lowest BCUT2D eigenvalue weighted by Gasteiger charge is -2.17. The van der Waals surface area contributed by atoms with Gasteiger partial charge in [-0.15, -0.1) is 0 Å². The molecule has 1 heterocycles. The van der Waals surface area contributed by atoms with Gasteiger partial charge in [0.25, 0.3) is 5.91 Å². The molecule has 0 aliphatic carbocycles. The predicted octanol–water partition coefficient (Wildman–Crippen LogP) is 3.85. The number of carbonyl (C=O) groups is 2. The number of carbonyl (C=O) groups excluding carboxylic acids is 2. The fraction of sp³-hybridized carbons (Fsp3) is 0.125. The Hall–Kier alpha value is -1.85. The first kappa shape index (κ1) is 15.1.